The van der Waals surface area contributed by atoms with Crippen LogP contribution in [0.3, 0.4) is 0 Å². The van der Waals surface area contributed by atoms with Crippen LogP contribution >= 0.6 is 11.3 Å². The summed E-state index contributed by atoms with van der Waals surface area (Å²) in [6.45, 7) is 0.0572. The Bertz CT molecular complexity index is 1140. The normalized spacial score (nSPS) is 13.8. The van der Waals surface area contributed by atoms with Gasteiger partial charge in [0.25, 0.3) is 5.91 Å². The predicted molar refractivity (Wildman–Crippen MR) is 110 cm³/mol. The van der Waals surface area contributed by atoms with E-state index in [0.717, 1.165) is 21.3 Å². The van der Waals surface area contributed by atoms with Crippen LogP contribution in [0.5, 0.6) is 0 Å². The third-order valence-corrected chi connectivity index (χ3v) is 5.38. The molecular weight excluding hydrogens is 404 g/mol. The number of hydrogen-bond donors (Lipinski definition) is 1. The minimum Gasteiger partial charge on any atom is -0.298 e. The van der Waals surface area contributed by atoms with Crippen molar-refractivity contribution in [3.8, 4) is 11.3 Å². The van der Waals surface area contributed by atoms with Gasteiger partial charge < -0.3 is 0 Å². The van der Waals surface area contributed by atoms with Gasteiger partial charge in [-0.3, -0.25) is 24.5 Å². The van der Waals surface area contributed by atoms with E-state index in [1.54, 1.807) is 24.3 Å². The van der Waals surface area contributed by atoms with Gasteiger partial charge in [0.15, 0.2) is 5.13 Å². The van der Waals surface area contributed by atoms with Crippen molar-refractivity contribution in [2.75, 3.05) is 12.4 Å². The molecule has 0 spiro atoms. The van der Waals surface area contributed by atoms with Gasteiger partial charge in [0.1, 0.15) is 0 Å². The molecule has 3 aromatic rings. The summed E-state index contributed by atoms with van der Waals surface area (Å²) in [6.07, 6.45) is 0. The minimum absolute atomic E-state index is 0.0572. The van der Waals surface area contributed by atoms with Gasteiger partial charge in [0.2, 0.25) is 0 Å². The topological polar surface area (TPSA) is 99.7 Å². The monoisotopic (exact) mass is 420 g/mol. The lowest BCUT2D eigenvalue weighted by atomic mass is 10.1. The first-order valence-electron chi connectivity index (χ1n) is 8.99. The van der Waals surface area contributed by atoms with Crippen LogP contribution in [0.25, 0.3) is 11.3 Å². The highest BCUT2D eigenvalue weighted by atomic mass is 32.1. The predicted octanol–water partition coefficient (Wildman–Crippen LogP) is 2.35. The summed E-state index contributed by atoms with van der Waals surface area (Å²) in [5.74, 6) is -3.07. The van der Waals surface area contributed by atoms with E-state index < -0.39 is 17.6 Å². The molecule has 3 amide bonds. The SMILES string of the molecule is CN1C(=O)C(=O)C(=O)N1Cc1ccc(C(=O)Nc2nc(-c3ccccc3)cs2)cc1. The highest BCUT2D eigenvalue weighted by molar-refractivity contribution is 7.14. The number of Topliss-reactive ketones (excluding diaryl/α,β-unsaturated/α-hetero) is 1. The number of anilines is 1. The Morgan fingerprint density at radius 1 is 1.00 bits per heavy atom. The zero-order valence-corrected chi connectivity index (χ0v) is 16.7. The van der Waals surface area contributed by atoms with E-state index in [9.17, 15) is 19.2 Å². The molecule has 4 rings (SSSR count). The lowest BCUT2D eigenvalue weighted by Crippen LogP contribution is -2.37. The van der Waals surface area contributed by atoms with Gasteiger partial charge in [0.05, 0.1) is 12.2 Å². The molecule has 0 saturated carbocycles. The molecule has 9 heteroatoms. The second kappa shape index (κ2) is 7.88. The molecule has 1 fully saturated rings. The van der Waals surface area contributed by atoms with Crippen molar-refractivity contribution in [3.63, 3.8) is 0 Å². The lowest BCUT2D eigenvalue weighted by molar-refractivity contribution is -0.145. The quantitative estimate of drug-likeness (QED) is 0.639. The number of thiazole rings is 1. The van der Waals surface area contributed by atoms with Gasteiger partial charge in [-0.05, 0) is 17.7 Å². The number of amides is 3. The molecule has 0 unspecified atom stereocenters. The van der Waals surface area contributed by atoms with Gasteiger partial charge >= 0.3 is 17.6 Å². The van der Waals surface area contributed by atoms with Crippen molar-refractivity contribution in [3.05, 3.63) is 71.1 Å². The smallest absolute Gasteiger partial charge is 0.298 e. The van der Waals surface area contributed by atoms with E-state index in [2.05, 4.69) is 10.3 Å². The summed E-state index contributed by atoms with van der Waals surface area (Å²) in [6, 6.07) is 16.2. The lowest BCUT2D eigenvalue weighted by Gasteiger charge is -2.22. The first-order chi connectivity index (χ1) is 14.4. The summed E-state index contributed by atoms with van der Waals surface area (Å²) in [5.41, 5.74) is 2.85. The number of benzene rings is 2. The van der Waals surface area contributed by atoms with Crippen molar-refractivity contribution in [2.45, 2.75) is 6.54 Å². The molecule has 0 atom stereocenters. The van der Waals surface area contributed by atoms with Gasteiger partial charge in [-0.2, -0.15) is 0 Å². The highest BCUT2D eigenvalue weighted by Crippen LogP contribution is 2.25. The molecular formula is C21H16N4O4S. The fourth-order valence-corrected chi connectivity index (χ4v) is 3.67. The van der Waals surface area contributed by atoms with Crippen LogP contribution in [0.2, 0.25) is 0 Å². The van der Waals surface area contributed by atoms with Gasteiger partial charge in [0, 0.05) is 23.6 Å². The zero-order valence-electron chi connectivity index (χ0n) is 15.9. The fraction of sp³-hybridized carbons (Fsp3) is 0.0952. The number of nitrogens with zero attached hydrogens (tertiary/aromatic N) is 3. The first kappa shape index (κ1) is 19.5. The molecule has 2 heterocycles. The van der Waals surface area contributed by atoms with E-state index in [1.807, 2.05) is 35.7 Å². The van der Waals surface area contributed by atoms with Crippen LogP contribution in [0.1, 0.15) is 15.9 Å². The molecule has 0 radical (unpaired) electrons. The van der Waals surface area contributed by atoms with E-state index in [-0.39, 0.29) is 12.5 Å². The van der Waals surface area contributed by atoms with Crippen molar-refractivity contribution >= 4 is 40.0 Å². The summed E-state index contributed by atoms with van der Waals surface area (Å²) >= 11 is 1.34. The Morgan fingerprint density at radius 3 is 2.33 bits per heavy atom. The molecule has 0 aliphatic carbocycles. The minimum atomic E-state index is -1.05. The number of carbonyl (C=O) groups excluding carboxylic acids is 4. The second-order valence-corrected chi connectivity index (χ2v) is 7.43. The summed E-state index contributed by atoms with van der Waals surface area (Å²) in [7, 11) is 1.37. The molecule has 1 aliphatic rings. The highest BCUT2D eigenvalue weighted by Gasteiger charge is 2.42. The molecule has 30 heavy (non-hydrogen) atoms. The second-order valence-electron chi connectivity index (χ2n) is 6.58. The number of hydrogen-bond acceptors (Lipinski definition) is 6. The van der Waals surface area contributed by atoms with Gasteiger partial charge in [-0.1, -0.05) is 42.5 Å². The maximum atomic E-state index is 12.5. The van der Waals surface area contributed by atoms with E-state index in [1.165, 1.54) is 18.4 Å². The van der Waals surface area contributed by atoms with Crippen molar-refractivity contribution in [1.82, 2.24) is 15.0 Å². The number of carbonyl (C=O) groups is 4. The maximum Gasteiger partial charge on any atom is 0.319 e. The van der Waals surface area contributed by atoms with Crippen LogP contribution in [0, 0.1) is 0 Å². The van der Waals surface area contributed by atoms with Crippen LogP contribution in [0.4, 0.5) is 5.13 Å². The molecule has 1 aromatic heterocycles. The number of likely N-dealkylation sites (N-methyl/N-ethyl adjacent to an activating group) is 1. The maximum absolute atomic E-state index is 12.5. The van der Waals surface area contributed by atoms with Gasteiger partial charge in [-0.15, -0.1) is 11.3 Å². The molecule has 1 saturated heterocycles. The largest absolute Gasteiger partial charge is 0.319 e. The summed E-state index contributed by atoms with van der Waals surface area (Å²) < 4.78 is 0. The average Bonchev–Trinajstić information content (AvgIpc) is 3.30. The van der Waals surface area contributed by atoms with E-state index >= 15 is 0 Å². The van der Waals surface area contributed by atoms with E-state index in [0.29, 0.717) is 16.3 Å². The van der Waals surface area contributed by atoms with Crippen molar-refractivity contribution in [1.29, 1.82) is 0 Å². The Balaban J connectivity index is 1.41. The number of rotatable bonds is 5. The van der Waals surface area contributed by atoms with Crippen LogP contribution < -0.4 is 5.32 Å². The van der Waals surface area contributed by atoms with Crippen LogP contribution in [-0.2, 0) is 20.9 Å². The number of aromatic nitrogens is 1. The van der Waals surface area contributed by atoms with Crippen LogP contribution in [-0.4, -0.2) is 45.6 Å². The fourth-order valence-electron chi connectivity index (χ4n) is 2.96. The van der Waals surface area contributed by atoms with Crippen molar-refractivity contribution < 1.29 is 19.2 Å². The standard InChI is InChI=1S/C21H16N4O4S/c1-24-19(28)17(26)20(29)25(24)11-13-7-9-15(10-8-13)18(27)23-21-22-16(12-30-21)14-5-3-2-4-6-14/h2-10,12H,11H2,1H3,(H,22,23,27). The first-order valence-corrected chi connectivity index (χ1v) is 9.87. The molecule has 1 N–H and O–H groups in total. The third kappa shape index (κ3) is 3.70. The summed E-state index contributed by atoms with van der Waals surface area (Å²) in [4.78, 5) is 51.9. The number of ketones is 1. The molecule has 8 nitrogen and oxygen atoms in total. The third-order valence-electron chi connectivity index (χ3n) is 4.62. The van der Waals surface area contributed by atoms with E-state index in [4.69, 9.17) is 0 Å². The van der Waals surface area contributed by atoms with Gasteiger partial charge in [-0.25, -0.2) is 15.0 Å². The molecule has 150 valence electrons. The number of hydrazine groups is 1. The molecule has 0 bridgehead atoms. The zero-order chi connectivity index (χ0) is 21.3. The Kier molecular flexibility index (Phi) is 5.11. The van der Waals surface area contributed by atoms with Crippen LogP contribution in [0.15, 0.2) is 60.0 Å². The Labute approximate surface area is 175 Å². The number of nitrogens with one attached hydrogen (secondary N) is 1. The molecule has 2 aromatic carbocycles. The molecule has 1 aliphatic heterocycles. The Morgan fingerprint density at radius 2 is 1.70 bits per heavy atom. The Hall–Kier alpha value is -3.85. The summed E-state index contributed by atoms with van der Waals surface area (Å²) in [5, 5.41) is 7.21. The van der Waals surface area contributed by atoms with Crippen molar-refractivity contribution in [2.24, 2.45) is 0 Å². The average molecular weight is 420 g/mol.